The van der Waals surface area contributed by atoms with Crippen molar-refractivity contribution in [3.8, 4) is 0 Å². The molecule has 8 heteroatoms. The Morgan fingerprint density at radius 2 is 1.77 bits per heavy atom. The Morgan fingerprint density at radius 3 is 2.40 bits per heavy atom. The van der Waals surface area contributed by atoms with Crippen molar-refractivity contribution >= 4 is 22.9 Å². The van der Waals surface area contributed by atoms with Crippen LogP contribution in [0.15, 0.2) is 52.1 Å². The largest absolute Gasteiger partial charge is 0.384 e. The molecule has 0 spiro atoms. The number of anilines is 1. The number of aryl methyl sites for hydroxylation is 1. The van der Waals surface area contributed by atoms with Crippen LogP contribution in [0.3, 0.4) is 0 Å². The van der Waals surface area contributed by atoms with Crippen LogP contribution in [0, 0.1) is 6.92 Å². The van der Waals surface area contributed by atoms with Gasteiger partial charge < -0.3 is 5.73 Å². The standard InChI is InChI=1S/C22H26N4O3S/c1-15-9-10-17(30-15)13-26(12-11-16-7-5-4-6-8-16)14-18(27)19-20(23)24(2)22(29)25(3)21(19)28/h4-10H,11-14,23H2,1-3H3. The van der Waals surface area contributed by atoms with E-state index in [1.807, 2.05) is 30.0 Å². The lowest BCUT2D eigenvalue weighted by molar-refractivity contribution is 0.0925. The Morgan fingerprint density at radius 1 is 1.07 bits per heavy atom. The number of ketones is 1. The van der Waals surface area contributed by atoms with Crippen LogP contribution < -0.4 is 17.0 Å². The number of benzene rings is 1. The molecule has 0 atom stereocenters. The lowest BCUT2D eigenvalue weighted by Crippen LogP contribution is -2.43. The minimum atomic E-state index is -0.657. The number of carbonyl (C=O) groups is 1. The van der Waals surface area contributed by atoms with Gasteiger partial charge in [0.05, 0.1) is 6.54 Å². The first kappa shape index (κ1) is 21.7. The van der Waals surface area contributed by atoms with Gasteiger partial charge in [0.25, 0.3) is 5.56 Å². The predicted octanol–water partition coefficient (Wildman–Crippen LogP) is 1.96. The number of carbonyl (C=O) groups excluding carboxylic acids is 1. The summed E-state index contributed by atoms with van der Waals surface area (Å²) < 4.78 is 2.05. The van der Waals surface area contributed by atoms with E-state index in [-0.39, 0.29) is 23.7 Å². The third-order valence-electron chi connectivity index (χ3n) is 5.09. The van der Waals surface area contributed by atoms with Gasteiger partial charge in [0.1, 0.15) is 11.4 Å². The van der Waals surface area contributed by atoms with Crippen molar-refractivity contribution in [1.29, 1.82) is 0 Å². The number of hydrogen-bond acceptors (Lipinski definition) is 6. The molecular formula is C22H26N4O3S. The molecule has 158 valence electrons. The molecule has 0 saturated carbocycles. The van der Waals surface area contributed by atoms with E-state index in [2.05, 4.69) is 24.3 Å². The molecular weight excluding hydrogens is 400 g/mol. The highest BCUT2D eigenvalue weighted by Gasteiger charge is 2.22. The SMILES string of the molecule is Cc1ccc(CN(CCc2ccccc2)CC(=O)c2c(N)n(C)c(=O)n(C)c2=O)s1. The Balaban J connectivity index is 1.85. The quantitative estimate of drug-likeness (QED) is 0.556. The highest BCUT2D eigenvalue weighted by Crippen LogP contribution is 2.18. The summed E-state index contributed by atoms with van der Waals surface area (Å²) in [4.78, 5) is 42.0. The molecule has 2 heterocycles. The second-order valence-corrected chi connectivity index (χ2v) is 8.72. The van der Waals surface area contributed by atoms with Crippen molar-refractivity contribution in [2.45, 2.75) is 19.9 Å². The second kappa shape index (κ2) is 9.23. The maximum absolute atomic E-state index is 13.1. The first-order valence-corrected chi connectivity index (χ1v) is 10.5. The molecule has 0 saturated heterocycles. The molecule has 0 fully saturated rings. The lowest BCUT2D eigenvalue weighted by atomic mass is 10.1. The summed E-state index contributed by atoms with van der Waals surface area (Å²) in [6, 6.07) is 14.2. The molecule has 7 nitrogen and oxygen atoms in total. The predicted molar refractivity (Wildman–Crippen MR) is 120 cm³/mol. The Kier molecular flexibility index (Phi) is 6.69. The zero-order valence-electron chi connectivity index (χ0n) is 17.4. The molecule has 0 aliphatic carbocycles. The van der Waals surface area contributed by atoms with E-state index in [1.54, 1.807) is 11.3 Å². The van der Waals surface area contributed by atoms with E-state index in [9.17, 15) is 14.4 Å². The third-order valence-corrected chi connectivity index (χ3v) is 6.08. The maximum Gasteiger partial charge on any atom is 0.332 e. The summed E-state index contributed by atoms with van der Waals surface area (Å²) in [6.45, 7) is 3.34. The van der Waals surface area contributed by atoms with Gasteiger partial charge in [-0.3, -0.25) is 23.6 Å². The van der Waals surface area contributed by atoms with E-state index in [4.69, 9.17) is 5.73 Å². The smallest absolute Gasteiger partial charge is 0.332 e. The highest BCUT2D eigenvalue weighted by molar-refractivity contribution is 7.11. The molecule has 30 heavy (non-hydrogen) atoms. The molecule has 3 rings (SSSR count). The summed E-state index contributed by atoms with van der Waals surface area (Å²) in [5.74, 6) is -0.479. The Labute approximate surface area is 179 Å². The summed E-state index contributed by atoms with van der Waals surface area (Å²) in [7, 11) is 2.80. The molecule has 0 bridgehead atoms. The van der Waals surface area contributed by atoms with Gasteiger partial charge in [-0.05, 0) is 31.0 Å². The number of nitrogen functional groups attached to an aromatic ring is 1. The van der Waals surface area contributed by atoms with Crippen molar-refractivity contribution in [2.75, 3.05) is 18.8 Å². The van der Waals surface area contributed by atoms with Crippen LogP contribution in [0.4, 0.5) is 5.82 Å². The van der Waals surface area contributed by atoms with Gasteiger partial charge in [0, 0.05) is 36.9 Å². The average molecular weight is 427 g/mol. The van der Waals surface area contributed by atoms with Crippen LogP contribution in [-0.4, -0.2) is 32.9 Å². The van der Waals surface area contributed by atoms with E-state index >= 15 is 0 Å². The minimum absolute atomic E-state index is 0.0431. The van der Waals surface area contributed by atoms with E-state index in [0.29, 0.717) is 13.1 Å². The number of Topliss-reactive ketones (excluding diaryl/α,β-unsaturated/α-hetero) is 1. The lowest BCUT2D eigenvalue weighted by Gasteiger charge is -2.21. The maximum atomic E-state index is 13.1. The van der Waals surface area contributed by atoms with Gasteiger partial charge in [-0.25, -0.2) is 4.79 Å². The van der Waals surface area contributed by atoms with E-state index in [0.717, 1.165) is 20.4 Å². The number of aromatic nitrogens is 2. The van der Waals surface area contributed by atoms with Crippen LogP contribution in [0.25, 0.3) is 0 Å². The van der Waals surface area contributed by atoms with Crippen LogP contribution in [0.1, 0.15) is 25.7 Å². The van der Waals surface area contributed by atoms with E-state index in [1.165, 1.54) is 24.5 Å². The summed E-state index contributed by atoms with van der Waals surface area (Å²) in [5.41, 5.74) is 5.80. The molecule has 2 aromatic heterocycles. The monoisotopic (exact) mass is 426 g/mol. The highest BCUT2D eigenvalue weighted by atomic mass is 32.1. The topological polar surface area (TPSA) is 90.3 Å². The van der Waals surface area contributed by atoms with Crippen LogP contribution in [0.2, 0.25) is 0 Å². The van der Waals surface area contributed by atoms with Crippen LogP contribution in [-0.2, 0) is 27.1 Å². The van der Waals surface area contributed by atoms with Crippen LogP contribution in [0.5, 0.6) is 0 Å². The fourth-order valence-electron chi connectivity index (χ4n) is 3.34. The van der Waals surface area contributed by atoms with Crippen molar-refractivity contribution in [1.82, 2.24) is 14.0 Å². The molecule has 0 aliphatic heterocycles. The Hall–Kier alpha value is -2.97. The summed E-state index contributed by atoms with van der Waals surface area (Å²) >= 11 is 1.68. The van der Waals surface area contributed by atoms with Gasteiger partial charge in [0.15, 0.2) is 5.78 Å². The molecule has 1 aromatic carbocycles. The van der Waals surface area contributed by atoms with Gasteiger partial charge in [-0.2, -0.15) is 0 Å². The van der Waals surface area contributed by atoms with E-state index < -0.39 is 11.2 Å². The number of rotatable bonds is 8. The minimum Gasteiger partial charge on any atom is -0.384 e. The molecule has 0 amide bonds. The zero-order chi connectivity index (χ0) is 21.8. The summed E-state index contributed by atoms with van der Waals surface area (Å²) in [6.07, 6.45) is 0.777. The number of thiophene rings is 1. The molecule has 3 aromatic rings. The third kappa shape index (κ3) is 4.77. The van der Waals surface area contributed by atoms with Crippen LogP contribution >= 0.6 is 11.3 Å². The van der Waals surface area contributed by atoms with Gasteiger partial charge in [-0.1, -0.05) is 30.3 Å². The first-order valence-electron chi connectivity index (χ1n) is 9.68. The zero-order valence-corrected chi connectivity index (χ0v) is 18.2. The normalized spacial score (nSPS) is 11.2. The summed E-state index contributed by atoms with van der Waals surface area (Å²) in [5, 5.41) is 0. The van der Waals surface area contributed by atoms with Crippen molar-refractivity contribution in [3.05, 3.63) is 84.2 Å². The molecule has 0 unspecified atom stereocenters. The van der Waals surface area contributed by atoms with Gasteiger partial charge in [-0.15, -0.1) is 11.3 Å². The number of nitrogens with zero attached hydrogens (tertiary/aromatic N) is 3. The second-order valence-electron chi connectivity index (χ2n) is 7.35. The Bertz CT molecular complexity index is 1160. The van der Waals surface area contributed by atoms with Crippen molar-refractivity contribution in [3.63, 3.8) is 0 Å². The van der Waals surface area contributed by atoms with Gasteiger partial charge >= 0.3 is 5.69 Å². The molecule has 2 N–H and O–H groups in total. The fourth-order valence-corrected chi connectivity index (χ4v) is 4.27. The molecule has 0 radical (unpaired) electrons. The first-order chi connectivity index (χ1) is 14.3. The van der Waals surface area contributed by atoms with Crippen molar-refractivity contribution < 1.29 is 4.79 Å². The number of hydrogen-bond donors (Lipinski definition) is 1. The average Bonchev–Trinajstić information content (AvgIpc) is 3.14. The fraction of sp³-hybridized carbons (Fsp3) is 0.318. The van der Waals surface area contributed by atoms with Gasteiger partial charge in [0.2, 0.25) is 0 Å². The van der Waals surface area contributed by atoms with Crippen molar-refractivity contribution in [2.24, 2.45) is 14.1 Å². The number of nitrogens with two attached hydrogens (primary N) is 1. The molecule has 0 aliphatic rings.